The molecule has 9 heteroatoms. The highest BCUT2D eigenvalue weighted by molar-refractivity contribution is 6.09. The van der Waals surface area contributed by atoms with Crippen LogP contribution >= 0.6 is 0 Å². The molecule has 1 aliphatic heterocycles. The molecule has 148 valence electrons. The van der Waals surface area contributed by atoms with Crippen molar-refractivity contribution in [1.29, 1.82) is 0 Å². The SMILES string of the molecule is CCOC(=O)C1=C(C=O)N=C(C)C(C(=O)OCC)C1c1cccc([N+](=O)[O-])c1. The Kier molecular flexibility index (Phi) is 6.75. The summed E-state index contributed by atoms with van der Waals surface area (Å²) in [6.07, 6.45) is 0.404. The number of benzene rings is 1. The van der Waals surface area contributed by atoms with Crippen LogP contribution in [0, 0.1) is 16.0 Å². The molecular formula is C19H20N2O7. The minimum Gasteiger partial charge on any atom is -0.465 e. The lowest BCUT2D eigenvalue weighted by atomic mass is 9.75. The Morgan fingerprint density at radius 2 is 1.93 bits per heavy atom. The van der Waals surface area contributed by atoms with E-state index in [2.05, 4.69) is 4.99 Å². The van der Waals surface area contributed by atoms with Gasteiger partial charge in [-0.05, 0) is 26.3 Å². The second-order valence-electron chi connectivity index (χ2n) is 5.95. The van der Waals surface area contributed by atoms with E-state index in [4.69, 9.17) is 9.47 Å². The summed E-state index contributed by atoms with van der Waals surface area (Å²) in [6.45, 7) is 4.92. The summed E-state index contributed by atoms with van der Waals surface area (Å²) in [5.41, 5.74) is 0.0687. The Morgan fingerprint density at radius 3 is 2.50 bits per heavy atom. The maximum Gasteiger partial charge on any atom is 0.336 e. The molecule has 1 aliphatic rings. The predicted octanol–water partition coefficient (Wildman–Crippen LogP) is 2.35. The van der Waals surface area contributed by atoms with Gasteiger partial charge in [-0.15, -0.1) is 0 Å². The minimum atomic E-state index is -1.02. The number of nitrogens with zero attached hydrogens (tertiary/aromatic N) is 2. The van der Waals surface area contributed by atoms with Crippen LogP contribution in [0.4, 0.5) is 5.69 Å². The fourth-order valence-corrected chi connectivity index (χ4v) is 3.15. The first-order valence-corrected chi connectivity index (χ1v) is 8.68. The van der Waals surface area contributed by atoms with Crippen LogP contribution in [-0.2, 0) is 23.9 Å². The summed E-state index contributed by atoms with van der Waals surface area (Å²) in [5, 5.41) is 11.2. The molecule has 1 aromatic carbocycles. The third-order valence-corrected chi connectivity index (χ3v) is 4.25. The standard InChI is InChI=1S/C19H20N2O7/c1-4-27-18(23)15-11(3)20-14(10-22)17(19(24)28-5-2)16(15)12-7-6-8-13(9-12)21(25)26/h6-10,15-16H,4-5H2,1-3H3. The van der Waals surface area contributed by atoms with Crippen molar-refractivity contribution in [3.8, 4) is 0 Å². The number of allylic oxidation sites excluding steroid dienone is 1. The van der Waals surface area contributed by atoms with Crippen molar-refractivity contribution >= 4 is 29.6 Å². The molecule has 0 aliphatic carbocycles. The molecule has 0 radical (unpaired) electrons. The van der Waals surface area contributed by atoms with Crippen molar-refractivity contribution in [3.63, 3.8) is 0 Å². The molecule has 1 aromatic rings. The van der Waals surface area contributed by atoms with E-state index in [1.54, 1.807) is 19.9 Å². The van der Waals surface area contributed by atoms with Crippen LogP contribution in [0.1, 0.15) is 32.3 Å². The van der Waals surface area contributed by atoms with Gasteiger partial charge in [0.25, 0.3) is 5.69 Å². The molecule has 28 heavy (non-hydrogen) atoms. The number of hydrogen-bond acceptors (Lipinski definition) is 8. The highest BCUT2D eigenvalue weighted by Crippen LogP contribution is 2.40. The average molecular weight is 388 g/mol. The lowest BCUT2D eigenvalue weighted by Crippen LogP contribution is -2.37. The lowest BCUT2D eigenvalue weighted by Gasteiger charge is -2.31. The maximum absolute atomic E-state index is 12.6. The van der Waals surface area contributed by atoms with E-state index in [9.17, 15) is 24.5 Å². The van der Waals surface area contributed by atoms with Crippen LogP contribution in [0.5, 0.6) is 0 Å². The molecule has 0 aromatic heterocycles. The highest BCUT2D eigenvalue weighted by atomic mass is 16.6. The number of aldehydes is 1. The summed E-state index contributed by atoms with van der Waals surface area (Å²) in [5.74, 6) is -3.49. The molecule has 0 amide bonds. The van der Waals surface area contributed by atoms with E-state index >= 15 is 0 Å². The van der Waals surface area contributed by atoms with Crippen molar-refractivity contribution in [3.05, 3.63) is 51.2 Å². The van der Waals surface area contributed by atoms with Gasteiger partial charge in [0.1, 0.15) is 11.6 Å². The van der Waals surface area contributed by atoms with Gasteiger partial charge in [0.2, 0.25) is 0 Å². The minimum absolute atomic E-state index is 0.0445. The Labute approximate surface area is 161 Å². The summed E-state index contributed by atoms with van der Waals surface area (Å²) in [4.78, 5) is 51.5. The molecule has 2 unspecified atom stereocenters. The summed E-state index contributed by atoms with van der Waals surface area (Å²) < 4.78 is 10.2. The number of carbonyl (C=O) groups excluding carboxylic acids is 3. The van der Waals surface area contributed by atoms with E-state index in [0.717, 1.165) is 0 Å². The van der Waals surface area contributed by atoms with Crippen LogP contribution in [-0.4, -0.2) is 42.1 Å². The molecule has 0 N–H and O–H groups in total. The van der Waals surface area contributed by atoms with E-state index in [1.165, 1.54) is 25.1 Å². The number of non-ortho nitro benzene ring substituents is 1. The van der Waals surface area contributed by atoms with Gasteiger partial charge in [-0.1, -0.05) is 12.1 Å². The second-order valence-corrected chi connectivity index (χ2v) is 5.95. The molecule has 2 rings (SSSR count). The second kappa shape index (κ2) is 9.03. The van der Waals surface area contributed by atoms with E-state index in [0.29, 0.717) is 11.8 Å². The monoisotopic (exact) mass is 388 g/mol. The lowest BCUT2D eigenvalue weighted by molar-refractivity contribution is -0.384. The number of rotatable bonds is 7. The Hall–Kier alpha value is -3.36. The number of aliphatic imine (C=N–C) groups is 1. The zero-order chi connectivity index (χ0) is 20.8. The Morgan fingerprint density at radius 1 is 1.25 bits per heavy atom. The van der Waals surface area contributed by atoms with Crippen molar-refractivity contribution in [2.24, 2.45) is 10.9 Å². The fourth-order valence-electron chi connectivity index (χ4n) is 3.15. The Balaban J connectivity index is 2.73. The zero-order valence-electron chi connectivity index (χ0n) is 15.7. The number of carbonyl (C=O) groups is 3. The molecule has 2 atom stereocenters. The van der Waals surface area contributed by atoms with Gasteiger partial charge in [-0.25, -0.2) is 4.79 Å². The third kappa shape index (κ3) is 4.13. The first-order valence-electron chi connectivity index (χ1n) is 8.68. The van der Waals surface area contributed by atoms with Crippen LogP contribution < -0.4 is 0 Å². The first kappa shape index (κ1) is 20.9. The van der Waals surface area contributed by atoms with Gasteiger partial charge in [0.15, 0.2) is 6.29 Å². The van der Waals surface area contributed by atoms with Crippen molar-refractivity contribution in [2.75, 3.05) is 13.2 Å². The summed E-state index contributed by atoms with van der Waals surface area (Å²) in [6, 6.07) is 5.54. The highest BCUT2D eigenvalue weighted by Gasteiger charge is 2.43. The number of hydrogen-bond donors (Lipinski definition) is 0. The Bertz CT molecular complexity index is 873. The molecule has 0 saturated heterocycles. The van der Waals surface area contributed by atoms with Gasteiger partial charge in [0, 0.05) is 23.8 Å². The van der Waals surface area contributed by atoms with Gasteiger partial charge >= 0.3 is 11.9 Å². The molecule has 0 fully saturated rings. The van der Waals surface area contributed by atoms with Crippen molar-refractivity contribution in [1.82, 2.24) is 0 Å². The zero-order valence-corrected chi connectivity index (χ0v) is 15.7. The fraction of sp³-hybridized carbons (Fsp3) is 0.368. The van der Waals surface area contributed by atoms with Crippen molar-refractivity contribution in [2.45, 2.75) is 26.7 Å². The third-order valence-electron chi connectivity index (χ3n) is 4.25. The number of esters is 2. The number of nitro groups is 1. The van der Waals surface area contributed by atoms with Crippen LogP contribution in [0.25, 0.3) is 0 Å². The first-order chi connectivity index (χ1) is 13.3. The average Bonchev–Trinajstić information content (AvgIpc) is 2.67. The van der Waals surface area contributed by atoms with E-state index < -0.39 is 28.7 Å². The smallest absolute Gasteiger partial charge is 0.336 e. The molecule has 0 saturated carbocycles. The quantitative estimate of drug-likeness (QED) is 0.304. The van der Waals surface area contributed by atoms with Crippen LogP contribution in [0.15, 0.2) is 40.5 Å². The van der Waals surface area contributed by atoms with E-state index in [-0.39, 0.29) is 35.9 Å². The molecule has 0 spiro atoms. The van der Waals surface area contributed by atoms with E-state index in [1.807, 2.05) is 0 Å². The van der Waals surface area contributed by atoms with Crippen molar-refractivity contribution < 1.29 is 28.8 Å². The van der Waals surface area contributed by atoms with Gasteiger partial charge in [-0.3, -0.25) is 24.7 Å². The summed E-state index contributed by atoms with van der Waals surface area (Å²) in [7, 11) is 0. The normalized spacial score (nSPS) is 18.9. The van der Waals surface area contributed by atoms with Gasteiger partial charge in [0.05, 0.1) is 23.7 Å². The maximum atomic E-state index is 12.6. The molecule has 1 heterocycles. The number of ether oxygens (including phenoxy) is 2. The predicted molar refractivity (Wildman–Crippen MR) is 98.8 cm³/mol. The van der Waals surface area contributed by atoms with Gasteiger partial charge < -0.3 is 9.47 Å². The largest absolute Gasteiger partial charge is 0.465 e. The molecular weight excluding hydrogens is 368 g/mol. The molecule has 9 nitrogen and oxygen atoms in total. The van der Waals surface area contributed by atoms with Crippen LogP contribution in [0.3, 0.4) is 0 Å². The summed E-state index contributed by atoms with van der Waals surface area (Å²) >= 11 is 0. The molecule has 0 bridgehead atoms. The topological polar surface area (TPSA) is 125 Å². The van der Waals surface area contributed by atoms with Crippen LogP contribution in [0.2, 0.25) is 0 Å². The van der Waals surface area contributed by atoms with Gasteiger partial charge in [-0.2, -0.15) is 0 Å². The number of nitro benzene ring substituents is 1.